The molecule has 6 nitrogen and oxygen atoms in total. The van der Waals surface area contributed by atoms with Crippen LogP contribution in [0.3, 0.4) is 0 Å². The van der Waals surface area contributed by atoms with Gasteiger partial charge in [-0.1, -0.05) is 24.3 Å². The van der Waals surface area contributed by atoms with Crippen molar-refractivity contribution in [3.63, 3.8) is 0 Å². The van der Waals surface area contributed by atoms with E-state index >= 15 is 4.39 Å². The van der Waals surface area contributed by atoms with Crippen LogP contribution in [0.2, 0.25) is 0 Å². The Morgan fingerprint density at radius 1 is 1.00 bits per heavy atom. The van der Waals surface area contributed by atoms with E-state index < -0.39 is 23.6 Å². The second-order valence-corrected chi connectivity index (χ2v) is 10.1. The molecule has 2 aromatic rings. The number of methoxy groups -OCH3 is 2. The molecule has 1 fully saturated rings. The lowest BCUT2D eigenvalue weighted by molar-refractivity contribution is -0.151. The molecule has 1 aliphatic heterocycles. The molecule has 1 unspecified atom stereocenters. The summed E-state index contributed by atoms with van der Waals surface area (Å²) in [6, 6.07) is 12.0. The molecule has 0 bridgehead atoms. The second kappa shape index (κ2) is 10.5. The van der Waals surface area contributed by atoms with Crippen LogP contribution in [0, 0.1) is 11.7 Å². The summed E-state index contributed by atoms with van der Waals surface area (Å²) in [7, 11) is 3.15. The molecule has 7 heteroatoms. The molecule has 0 radical (unpaired) electrons. The van der Waals surface area contributed by atoms with E-state index in [2.05, 4.69) is 0 Å². The van der Waals surface area contributed by atoms with Crippen molar-refractivity contribution < 1.29 is 28.2 Å². The number of ketones is 1. The molecule has 3 atom stereocenters. The highest BCUT2D eigenvalue weighted by molar-refractivity contribution is 6.09. The SMILES string of the molecule is COc1ccc([C@H]2CC(=O)C3=C(C2)N=C(C)C(C(=O)OC2CCCC2)[C@H]3c2ccccc2F)cc1OC. The maximum absolute atomic E-state index is 15.2. The second-order valence-electron chi connectivity index (χ2n) is 10.1. The summed E-state index contributed by atoms with van der Waals surface area (Å²) in [6.07, 6.45) is 4.32. The van der Waals surface area contributed by atoms with Crippen LogP contribution in [0.1, 0.15) is 68.4 Å². The highest BCUT2D eigenvalue weighted by Crippen LogP contribution is 2.48. The molecule has 5 rings (SSSR count). The first kappa shape index (κ1) is 25.2. The summed E-state index contributed by atoms with van der Waals surface area (Å²) in [5, 5.41) is 0. The lowest BCUT2D eigenvalue weighted by Crippen LogP contribution is -2.39. The largest absolute Gasteiger partial charge is 0.493 e. The molecule has 1 saturated carbocycles. The van der Waals surface area contributed by atoms with Crippen LogP contribution >= 0.6 is 0 Å². The number of carbonyl (C=O) groups excluding carboxylic acids is 2. The van der Waals surface area contributed by atoms with Crippen molar-refractivity contribution in [3.8, 4) is 11.5 Å². The van der Waals surface area contributed by atoms with Crippen molar-refractivity contribution in [2.24, 2.45) is 10.9 Å². The monoisotopic (exact) mass is 505 g/mol. The molecular formula is C30H32FNO5. The average Bonchev–Trinajstić information content (AvgIpc) is 3.40. The minimum Gasteiger partial charge on any atom is -0.493 e. The number of nitrogens with zero attached hydrogens (tertiary/aromatic N) is 1. The normalized spacial score (nSPS) is 23.9. The van der Waals surface area contributed by atoms with Crippen LogP contribution in [0.25, 0.3) is 0 Å². The van der Waals surface area contributed by atoms with Crippen LogP contribution in [0.5, 0.6) is 11.5 Å². The first-order chi connectivity index (χ1) is 17.9. The minimum atomic E-state index is -0.835. The van der Waals surface area contributed by atoms with E-state index in [-0.39, 0.29) is 24.2 Å². The van der Waals surface area contributed by atoms with Gasteiger partial charge >= 0.3 is 5.97 Å². The third-order valence-electron chi connectivity index (χ3n) is 7.85. The number of ether oxygens (including phenoxy) is 3. The number of hydrogen-bond acceptors (Lipinski definition) is 6. The van der Waals surface area contributed by atoms with Crippen molar-refractivity contribution in [3.05, 3.63) is 70.7 Å². The quantitative estimate of drug-likeness (QED) is 0.457. The van der Waals surface area contributed by atoms with Crippen molar-refractivity contribution in [2.75, 3.05) is 14.2 Å². The minimum absolute atomic E-state index is 0.120. The predicted molar refractivity (Wildman–Crippen MR) is 138 cm³/mol. The summed E-state index contributed by atoms with van der Waals surface area (Å²) in [5.74, 6) is -1.50. The number of halogens is 1. The van der Waals surface area contributed by atoms with Crippen molar-refractivity contribution >= 4 is 17.5 Å². The molecule has 0 spiro atoms. The van der Waals surface area contributed by atoms with E-state index in [1.54, 1.807) is 39.3 Å². The van der Waals surface area contributed by atoms with Gasteiger partial charge in [0.25, 0.3) is 0 Å². The number of esters is 1. The summed E-state index contributed by atoms with van der Waals surface area (Å²) in [4.78, 5) is 32.0. The molecule has 0 saturated heterocycles. The topological polar surface area (TPSA) is 74.2 Å². The van der Waals surface area contributed by atoms with Crippen molar-refractivity contribution in [2.45, 2.75) is 63.4 Å². The van der Waals surface area contributed by atoms with Crippen LogP contribution in [-0.4, -0.2) is 37.8 Å². The Morgan fingerprint density at radius 2 is 1.73 bits per heavy atom. The fourth-order valence-corrected chi connectivity index (χ4v) is 6.01. The van der Waals surface area contributed by atoms with Crippen LogP contribution in [-0.2, 0) is 14.3 Å². The van der Waals surface area contributed by atoms with Gasteiger partial charge in [-0.2, -0.15) is 0 Å². The predicted octanol–water partition coefficient (Wildman–Crippen LogP) is 5.90. The highest BCUT2D eigenvalue weighted by atomic mass is 19.1. The number of carbonyl (C=O) groups is 2. The zero-order valence-corrected chi connectivity index (χ0v) is 21.5. The Kier molecular flexibility index (Phi) is 7.13. The molecule has 37 heavy (non-hydrogen) atoms. The Labute approximate surface area is 216 Å². The molecule has 1 heterocycles. The molecule has 3 aliphatic rings. The van der Waals surface area contributed by atoms with Gasteiger partial charge in [0.2, 0.25) is 0 Å². The van der Waals surface area contributed by atoms with Gasteiger partial charge in [-0.15, -0.1) is 0 Å². The van der Waals surface area contributed by atoms with Gasteiger partial charge in [-0.25, -0.2) is 4.39 Å². The number of Topliss-reactive ketones (excluding diaryl/α,β-unsaturated/α-hetero) is 1. The Bertz CT molecular complexity index is 1280. The summed E-state index contributed by atoms with van der Waals surface area (Å²) < 4.78 is 31.8. The van der Waals surface area contributed by atoms with Crippen LogP contribution in [0.4, 0.5) is 4.39 Å². The number of benzene rings is 2. The fourth-order valence-electron chi connectivity index (χ4n) is 6.01. The lowest BCUT2D eigenvalue weighted by Gasteiger charge is -2.37. The first-order valence-electron chi connectivity index (χ1n) is 12.9. The molecule has 0 amide bonds. The standard InChI is InChI=1S/C30H32FNO5/c1-17-27(30(34)37-20-8-4-5-9-20)28(21-10-6-7-11-22(21)31)29-23(32-17)14-19(15-24(29)33)18-12-13-25(35-2)26(16-18)36-3/h6-7,10-13,16,19-20,27-28H,4-5,8-9,14-15H2,1-3H3/t19-,27?,28-/m1/s1. The van der Waals surface area contributed by atoms with E-state index in [4.69, 9.17) is 19.2 Å². The third kappa shape index (κ3) is 4.79. The summed E-state index contributed by atoms with van der Waals surface area (Å²) in [5.41, 5.74) is 2.87. The van der Waals surface area contributed by atoms with Gasteiger partial charge in [0.1, 0.15) is 17.8 Å². The average molecular weight is 506 g/mol. The van der Waals surface area contributed by atoms with E-state index in [0.717, 1.165) is 31.2 Å². The summed E-state index contributed by atoms with van der Waals surface area (Å²) >= 11 is 0. The van der Waals surface area contributed by atoms with E-state index in [9.17, 15) is 9.59 Å². The highest BCUT2D eigenvalue weighted by Gasteiger charge is 2.46. The van der Waals surface area contributed by atoms with Crippen molar-refractivity contribution in [1.29, 1.82) is 0 Å². The Hall–Kier alpha value is -3.48. The first-order valence-corrected chi connectivity index (χ1v) is 12.9. The smallest absolute Gasteiger partial charge is 0.315 e. The number of allylic oxidation sites excluding steroid dienone is 2. The third-order valence-corrected chi connectivity index (χ3v) is 7.85. The maximum atomic E-state index is 15.2. The van der Waals surface area contributed by atoms with Gasteiger partial charge in [-0.05, 0) is 74.3 Å². The molecule has 194 valence electrons. The molecule has 0 aromatic heterocycles. The molecule has 2 aliphatic carbocycles. The van der Waals surface area contributed by atoms with E-state index in [1.165, 1.54) is 6.07 Å². The number of rotatable bonds is 6. The van der Waals surface area contributed by atoms with Gasteiger partial charge in [0.05, 0.1) is 14.2 Å². The van der Waals surface area contributed by atoms with Gasteiger partial charge in [-0.3, -0.25) is 14.6 Å². The fraction of sp³-hybridized carbons (Fsp3) is 0.433. The zero-order valence-electron chi connectivity index (χ0n) is 21.5. The van der Waals surface area contributed by atoms with E-state index in [0.29, 0.717) is 40.5 Å². The van der Waals surface area contributed by atoms with E-state index in [1.807, 2.05) is 18.2 Å². The number of aliphatic imine (C=N–C) groups is 1. The van der Waals surface area contributed by atoms with Crippen LogP contribution < -0.4 is 9.47 Å². The number of hydrogen-bond donors (Lipinski definition) is 0. The van der Waals surface area contributed by atoms with Crippen molar-refractivity contribution in [1.82, 2.24) is 0 Å². The molecule has 2 aromatic carbocycles. The van der Waals surface area contributed by atoms with Gasteiger partial charge < -0.3 is 14.2 Å². The Morgan fingerprint density at radius 3 is 2.43 bits per heavy atom. The molecule has 0 N–H and O–H groups in total. The summed E-state index contributed by atoms with van der Waals surface area (Å²) in [6.45, 7) is 1.78. The Balaban J connectivity index is 1.54. The molecular weight excluding hydrogens is 473 g/mol. The van der Waals surface area contributed by atoms with Gasteiger partial charge in [0, 0.05) is 29.3 Å². The van der Waals surface area contributed by atoms with Crippen LogP contribution in [0.15, 0.2) is 58.7 Å². The maximum Gasteiger partial charge on any atom is 0.315 e. The lowest BCUT2D eigenvalue weighted by atomic mass is 9.69. The zero-order chi connectivity index (χ0) is 26.1. The van der Waals surface area contributed by atoms with Gasteiger partial charge in [0.15, 0.2) is 17.3 Å².